The molecule has 18 heavy (non-hydrogen) atoms. The molecule has 0 saturated carbocycles. The SMILES string of the molecule is O=C/C=C(/C=C/C1=CCCCC1)c1ccccc1. The first-order valence-corrected chi connectivity index (χ1v) is 6.48. The Morgan fingerprint density at radius 2 is 1.94 bits per heavy atom. The Hall–Kier alpha value is -1.89. The predicted octanol–water partition coefficient (Wildman–Crippen LogP) is 4.33. The summed E-state index contributed by atoms with van der Waals surface area (Å²) >= 11 is 0. The molecular weight excluding hydrogens is 220 g/mol. The van der Waals surface area contributed by atoms with Crippen molar-refractivity contribution in [2.75, 3.05) is 0 Å². The molecule has 1 nitrogen and oxygen atoms in total. The van der Waals surface area contributed by atoms with Gasteiger partial charge in [-0.1, -0.05) is 54.1 Å². The molecule has 1 aromatic carbocycles. The molecule has 0 radical (unpaired) electrons. The lowest BCUT2D eigenvalue weighted by Gasteiger charge is -2.08. The number of carbonyl (C=O) groups is 1. The second kappa shape index (κ2) is 6.75. The van der Waals surface area contributed by atoms with Gasteiger partial charge < -0.3 is 0 Å². The minimum Gasteiger partial charge on any atom is -0.299 e. The lowest BCUT2D eigenvalue weighted by atomic mass is 9.97. The van der Waals surface area contributed by atoms with Crippen molar-refractivity contribution in [3.8, 4) is 0 Å². The molecule has 2 rings (SSSR count). The van der Waals surface area contributed by atoms with E-state index in [9.17, 15) is 4.79 Å². The highest BCUT2D eigenvalue weighted by Crippen LogP contribution is 2.21. The Labute approximate surface area is 109 Å². The number of hydrogen-bond acceptors (Lipinski definition) is 1. The van der Waals surface area contributed by atoms with Crippen LogP contribution in [0.15, 0.2) is 60.2 Å². The maximum Gasteiger partial charge on any atom is 0.143 e. The Morgan fingerprint density at radius 1 is 1.11 bits per heavy atom. The standard InChI is InChI=1S/C17H18O/c18-14-13-17(16-9-5-2-6-10-16)12-11-15-7-3-1-4-8-15/h2,5-7,9-14H,1,3-4,8H2/b12-11+,17-13-. The van der Waals surface area contributed by atoms with Crippen molar-refractivity contribution in [3.63, 3.8) is 0 Å². The summed E-state index contributed by atoms with van der Waals surface area (Å²) < 4.78 is 0. The topological polar surface area (TPSA) is 17.1 Å². The molecule has 0 saturated heterocycles. The van der Waals surface area contributed by atoms with E-state index in [-0.39, 0.29) is 0 Å². The molecule has 0 spiro atoms. The van der Waals surface area contributed by atoms with Crippen LogP contribution >= 0.6 is 0 Å². The highest BCUT2D eigenvalue weighted by Gasteiger charge is 2.01. The van der Waals surface area contributed by atoms with Crippen molar-refractivity contribution in [2.24, 2.45) is 0 Å². The minimum absolute atomic E-state index is 0.849. The minimum atomic E-state index is 0.849. The van der Waals surface area contributed by atoms with Gasteiger partial charge in [-0.15, -0.1) is 0 Å². The molecule has 0 aliphatic heterocycles. The second-order valence-electron chi connectivity index (χ2n) is 4.48. The molecule has 1 aromatic rings. The molecule has 0 atom stereocenters. The summed E-state index contributed by atoms with van der Waals surface area (Å²) in [6, 6.07) is 10.0. The van der Waals surface area contributed by atoms with Crippen LogP contribution in [0.1, 0.15) is 31.2 Å². The maximum atomic E-state index is 10.7. The third kappa shape index (κ3) is 3.56. The third-order valence-corrected chi connectivity index (χ3v) is 3.16. The van der Waals surface area contributed by atoms with Crippen molar-refractivity contribution in [1.29, 1.82) is 0 Å². The van der Waals surface area contributed by atoms with E-state index >= 15 is 0 Å². The molecule has 0 aromatic heterocycles. The number of allylic oxidation sites excluding steroid dienone is 6. The zero-order chi connectivity index (χ0) is 12.6. The Kier molecular flexibility index (Phi) is 4.71. The molecule has 0 bridgehead atoms. The normalized spacial score (nSPS) is 16.7. The summed E-state index contributed by atoms with van der Waals surface area (Å²) in [7, 11) is 0. The second-order valence-corrected chi connectivity index (χ2v) is 4.48. The van der Waals surface area contributed by atoms with Crippen LogP contribution in [0.4, 0.5) is 0 Å². The van der Waals surface area contributed by atoms with Crippen molar-refractivity contribution in [2.45, 2.75) is 25.7 Å². The van der Waals surface area contributed by atoms with Gasteiger partial charge in [0, 0.05) is 0 Å². The first-order chi connectivity index (χ1) is 8.90. The maximum absolute atomic E-state index is 10.7. The van der Waals surface area contributed by atoms with Crippen LogP contribution in [0.3, 0.4) is 0 Å². The Balaban J connectivity index is 2.17. The first kappa shape index (κ1) is 12.6. The van der Waals surface area contributed by atoms with Crippen molar-refractivity contribution < 1.29 is 4.79 Å². The van der Waals surface area contributed by atoms with E-state index in [1.54, 1.807) is 6.08 Å². The molecule has 1 heteroatoms. The van der Waals surface area contributed by atoms with Crippen molar-refractivity contribution >= 4 is 11.9 Å². The fraction of sp³-hybridized carbons (Fsp3) is 0.235. The zero-order valence-corrected chi connectivity index (χ0v) is 10.5. The van der Waals surface area contributed by atoms with Crippen molar-refractivity contribution in [1.82, 2.24) is 0 Å². The number of benzene rings is 1. The molecule has 1 aliphatic carbocycles. The quantitative estimate of drug-likeness (QED) is 0.433. The van der Waals surface area contributed by atoms with Gasteiger partial charge in [0.2, 0.25) is 0 Å². The van der Waals surface area contributed by atoms with Gasteiger partial charge in [-0.3, -0.25) is 4.79 Å². The van der Waals surface area contributed by atoms with Gasteiger partial charge in [0.15, 0.2) is 0 Å². The molecule has 0 fully saturated rings. The Morgan fingerprint density at radius 3 is 2.61 bits per heavy atom. The monoisotopic (exact) mass is 238 g/mol. The summed E-state index contributed by atoms with van der Waals surface area (Å²) in [6.07, 6.45) is 13.8. The van der Waals surface area contributed by atoms with Crippen LogP contribution in [0, 0.1) is 0 Å². The van der Waals surface area contributed by atoms with Gasteiger partial charge in [-0.2, -0.15) is 0 Å². The predicted molar refractivity (Wildman–Crippen MR) is 76.2 cm³/mol. The van der Waals surface area contributed by atoms with E-state index < -0.39 is 0 Å². The average Bonchev–Trinajstić information content (AvgIpc) is 2.45. The highest BCUT2D eigenvalue weighted by molar-refractivity contribution is 5.86. The van der Waals surface area contributed by atoms with Gasteiger partial charge in [0.25, 0.3) is 0 Å². The van der Waals surface area contributed by atoms with Gasteiger partial charge in [0.05, 0.1) is 0 Å². The van der Waals surface area contributed by atoms with E-state index in [2.05, 4.69) is 12.2 Å². The summed E-state index contributed by atoms with van der Waals surface area (Å²) in [6.45, 7) is 0. The van der Waals surface area contributed by atoms with Crippen LogP contribution in [-0.2, 0) is 4.79 Å². The smallest absolute Gasteiger partial charge is 0.143 e. The van der Waals surface area contributed by atoms with Crippen molar-refractivity contribution in [3.05, 3.63) is 65.8 Å². The first-order valence-electron chi connectivity index (χ1n) is 6.48. The van der Waals surface area contributed by atoms with E-state index in [0.717, 1.165) is 23.8 Å². The third-order valence-electron chi connectivity index (χ3n) is 3.16. The number of carbonyl (C=O) groups excluding carboxylic acids is 1. The molecule has 0 heterocycles. The van der Waals surface area contributed by atoms with Crippen LogP contribution in [0.2, 0.25) is 0 Å². The number of aldehydes is 1. The number of rotatable bonds is 4. The van der Waals surface area contributed by atoms with Crippen LogP contribution < -0.4 is 0 Å². The number of hydrogen-bond donors (Lipinski definition) is 0. The van der Waals surface area contributed by atoms with Crippen LogP contribution in [-0.4, -0.2) is 6.29 Å². The molecular formula is C17H18O. The molecule has 0 unspecified atom stereocenters. The molecule has 0 amide bonds. The van der Waals surface area contributed by atoms with E-state index in [0.29, 0.717) is 0 Å². The lowest BCUT2D eigenvalue weighted by molar-refractivity contribution is -0.104. The Bertz CT molecular complexity index is 478. The fourth-order valence-corrected chi connectivity index (χ4v) is 2.16. The largest absolute Gasteiger partial charge is 0.299 e. The molecule has 0 N–H and O–H groups in total. The van der Waals surface area contributed by atoms with E-state index in [4.69, 9.17) is 0 Å². The van der Waals surface area contributed by atoms with E-state index in [1.807, 2.05) is 36.4 Å². The highest BCUT2D eigenvalue weighted by atomic mass is 16.1. The van der Waals surface area contributed by atoms with Gasteiger partial charge in [0.1, 0.15) is 6.29 Å². The van der Waals surface area contributed by atoms with Gasteiger partial charge in [-0.05, 0) is 42.9 Å². The summed E-state index contributed by atoms with van der Waals surface area (Å²) in [4.78, 5) is 10.7. The van der Waals surface area contributed by atoms with Crippen LogP contribution in [0.5, 0.6) is 0 Å². The summed E-state index contributed by atoms with van der Waals surface area (Å²) in [5.41, 5.74) is 3.43. The summed E-state index contributed by atoms with van der Waals surface area (Å²) in [5.74, 6) is 0. The van der Waals surface area contributed by atoms with Gasteiger partial charge >= 0.3 is 0 Å². The zero-order valence-electron chi connectivity index (χ0n) is 10.5. The van der Waals surface area contributed by atoms with E-state index in [1.165, 1.54) is 24.8 Å². The van der Waals surface area contributed by atoms with Crippen LogP contribution in [0.25, 0.3) is 5.57 Å². The molecule has 1 aliphatic rings. The molecule has 92 valence electrons. The fourth-order valence-electron chi connectivity index (χ4n) is 2.16. The van der Waals surface area contributed by atoms with Gasteiger partial charge in [-0.25, -0.2) is 0 Å². The summed E-state index contributed by atoms with van der Waals surface area (Å²) in [5, 5.41) is 0. The average molecular weight is 238 g/mol. The lowest BCUT2D eigenvalue weighted by Crippen LogP contribution is -1.89.